The minimum Gasteiger partial charge on any atom is -0.476 e. The van der Waals surface area contributed by atoms with Gasteiger partial charge in [0.05, 0.1) is 12.3 Å². The predicted octanol–water partition coefficient (Wildman–Crippen LogP) is 2.98. The van der Waals surface area contributed by atoms with Gasteiger partial charge in [-0.25, -0.2) is 4.98 Å². The van der Waals surface area contributed by atoms with Crippen molar-refractivity contribution in [2.24, 2.45) is 0 Å². The van der Waals surface area contributed by atoms with Crippen LogP contribution in [0.1, 0.15) is 17.7 Å². The first kappa shape index (κ1) is 12.4. The molecule has 1 aromatic heterocycles. The SMILES string of the molecule is Cc1ccc(N)c(OCCCc2ccccc2)n1. The Labute approximate surface area is 108 Å². The van der Waals surface area contributed by atoms with Crippen molar-refractivity contribution < 1.29 is 4.74 Å². The Bertz CT molecular complexity index is 497. The topological polar surface area (TPSA) is 48.1 Å². The van der Waals surface area contributed by atoms with Crippen LogP contribution in [0, 0.1) is 6.92 Å². The number of rotatable bonds is 5. The Hall–Kier alpha value is -2.03. The zero-order valence-corrected chi connectivity index (χ0v) is 10.6. The fraction of sp³-hybridized carbons (Fsp3) is 0.267. The summed E-state index contributed by atoms with van der Waals surface area (Å²) in [6.45, 7) is 2.56. The van der Waals surface area contributed by atoms with Gasteiger partial charge in [0.25, 0.3) is 0 Å². The molecular weight excluding hydrogens is 224 g/mol. The van der Waals surface area contributed by atoms with Crippen LogP contribution in [-0.4, -0.2) is 11.6 Å². The number of anilines is 1. The Morgan fingerprint density at radius 2 is 1.89 bits per heavy atom. The lowest BCUT2D eigenvalue weighted by Gasteiger charge is -2.08. The summed E-state index contributed by atoms with van der Waals surface area (Å²) in [4.78, 5) is 4.27. The molecule has 0 radical (unpaired) electrons. The molecule has 0 bridgehead atoms. The summed E-state index contributed by atoms with van der Waals surface area (Å²) >= 11 is 0. The zero-order valence-electron chi connectivity index (χ0n) is 10.6. The minimum atomic E-state index is 0.545. The monoisotopic (exact) mass is 242 g/mol. The molecule has 2 rings (SSSR count). The van der Waals surface area contributed by atoms with Crippen LogP contribution in [0.4, 0.5) is 5.69 Å². The summed E-state index contributed by atoms with van der Waals surface area (Å²) in [6, 6.07) is 14.1. The molecule has 94 valence electrons. The fourth-order valence-electron chi connectivity index (χ4n) is 1.75. The van der Waals surface area contributed by atoms with Gasteiger partial charge >= 0.3 is 0 Å². The van der Waals surface area contributed by atoms with Crippen LogP contribution < -0.4 is 10.5 Å². The van der Waals surface area contributed by atoms with Crippen LogP contribution in [0.5, 0.6) is 5.88 Å². The van der Waals surface area contributed by atoms with Gasteiger partial charge in [0.1, 0.15) is 0 Å². The van der Waals surface area contributed by atoms with Gasteiger partial charge in [-0.2, -0.15) is 0 Å². The summed E-state index contributed by atoms with van der Waals surface area (Å²) in [6.07, 6.45) is 1.96. The van der Waals surface area contributed by atoms with Crippen molar-refractivity contribution in [2.45, 2.75) is 19.8 Å². The van der Waals surface area contributed by atoms with Gasteiger partial charge in [-0.1, -0.05) is 30.3 Å². The average Bonchev–Trinajstić information content (AvgIpc) is 2.40. The van der Waals surface area contributed by atoms with E-state index in [1.807, 2.05) is 25.1 Å². The van der Waals surface area contributed by atoms with Crippen molar-refractivity contribution in [3.63, 3.8) is 0 Å². The quantitative estimate of drug-likeness (QED) is 0.820. The third kappa shape index (κ3) is 3.48. The number of aromatic nitrogens is 1. The van der Waals surface area contributed by atoms with Gasteiger partial charge in [0.2, 0.25) is 5.88 Å². The van der Waals surface area contributed by atoms with E-state index in [0.29, 0.717) is 18.2 Å². The van der Waals surface area contributed by atoms with E-state index in [-0.39, 0.29) is 0 Å². The fourth-order valence-corrected chi connectivity index (χ4v) is 1.75. The molecule has 0 unspecified atom stereocenters. The van der Waals surface area contributed by atoms with Crippen LogP contribution in [0.2, 0.25) is 0 Å². The summed E-state index contributed by atoms with van der Waals surface area (Å²) in [5, 5.41) is 0. The van der Waals surface area contributed by atoms with E-state index >= 15 is 0 Å². The highest BCUT2D eigenvalue weighted by atomic mass is 16.5. The molecule has 0 fully saturated rings. The van der Waals surface area contributed by atoms with Crippen molar-refractivity contribution in [3.05, 3.63) is 53.7 Å². The van der Waals surface area contributed by atoms with E-state index < -0.39 is 0 Å². The maximum atomic E-state index is 5.80. The molecule has 18 heavy (non-hydrogen) atoms. The highest BCUT2D eigenvalue weighted by Gasteiger charge is 2.02. The van der Waals surface area contributed by atoms with E-state index in [0.717, 1.165) is 18.5 Å². The zero-order chi connectivity index (χ0) is 12.8. The van der Waals surface area contributed by atoms with Crippen LogP contribution in [0.15, 0.2) is 42.5 Å². The number of nitrogen functional groups attached to an aromatic ring is 1. The van der Waals surface area contributed by atoms with Crippen molar-refractivity contribution >= 4 is 5.69 Å². The van der Waals surface area contributed by atoms with Crippen molar-refractivity contribution in [1.29, 1.82) is 0 Å². The minimum absolute atomic E-state index is 0.545. The number of benzene rings is 1. The summed E-state index contributed by atoms with van der Waals surface area (Å²) < 4.78 is 5.60. The largest absolute Gasteiger partial charge is 0.476 e. The number of nitrogens with two attached hydrogens (primary N) is 1. The number of hydrogen-bond acceptors (Lipinski definition) is 3. The Morgan fingerprint density at radius 3 is 2.67 bits per heavy atom. The summed E-state index contributed by atoms with van der Waals surface area (Å²) in [5.41, 5.74) is 8.64. The summed E-state index contributed by atoms with van der Waals surface area (Å²) in [5.74, 6) is 0.545. The molecule has 0 spiro atoms. The van der Waals surface area contributed by atoms with Gasteiger partial charge in [0.15, 0.2) is 0 Å². The van der Waals surface area contributed by atoms with E-state index in [1.54, 1.807) is 0 Å². The molecule has 2 N–H and O–H groups in total. The molecule has 0 aliphatic rings. The molecular formula is C15H18N2O. The van der Waals surface area contributed by atoms with Crippen LogP contribution >= 0.6 is 0 Å². The van der Waals surface area contributed by atoms with Crippen LogP contribution in [0.25, 0.3) is 0 Å². The molecule has 1 heterocycles. The molecule has 0 atom stereocenters. The molecule has 0 aliphatic heterocycles. The van der Waals surface area contributed by atoms with Gasteiger partial charge in [0, 0.05) is 5.69 Å². The van der Waals surface area contributed by atoms with E-state index in [9.17, 15) is 0 Å². The van der Waals surface area contributed by atoms with Gasteiger partial charge < -0.3 is 10.5 Å². The Morgan fingerprint density at radius 1 is 1.11 bits per heavy atom. The van der Waals surface area contributed by atoms with Crippen molar-refractivity contribution in [2.75, 3.05) is 12.3 Å². The standard InChI is InChI=1S/C15H18N2O/c1-12-9-10-14(16)15(17-12)18-11-5-8-13-6-3-2-4-7-13/h2-4,6-7,9-10H,5,8,11,16H2,1H3. The summed E-state index contributed by atoms with van der Waals surface area (Å²) in [7, 11) is 0. The number of nitrogens with zero attached hydrogens (tertiary/aromatic N) is 1. The molecule has 3 nitrogen and oxygen atoms in total. The maximum Gasteiger partial charge on any atom is 0.237 e. The normalized spacial score (nSPS) is 10.3. The number of ether oxygens (including phenoxy) is 1. The average molecular weight is 242 g/mol. The molecule has 0 amide bonds. The first-order valence-electron chi connectivity index (χ1n) is 6.15. The molecule has 0 saturated carbocycles. The van der Waals surface area contributed by atoms with E-state index in [1.165, 1.54) is 5.56 Å². The first-order valence-corrected chi connectivity index (χ1v) is 6.15. The smallest absolute Gasteiger partial charge is 0.237 e. The third-order valence-electron chi connectivity index (χ3n) is 2.72. The van der Waals surface area contributed by atoms with E-state index in [4.69, 9.17) is 10.5 Å². The highest BCUT2D eigenvalue weighted by Crippen LogP contribution is 2.18. The predicted molar refractivity (Wildman–Crippen MR) is 73.6 cm³/mol. The third-order valence-corrected chi connectivity index (χ3v) is 2.72. The van der Waals surface area contributed by atoms with Gasteiger partial charge in [-0.05, 0) is 37.5 Å². The van der Waals surface area contributed by atoms with Crippen molar-refractivity contribution in [1.82, 2.24) is 4.98 Å². The van der Waals surface area contributed by atoms with Crippen molar-refractivity contribution in [3.8, 4) is 5.88 Å². The maximum absolute atomic E-state index is 5.80. The number of hydrogen-bond donors (Lipinski definition) is 1. The second-order valence-electron chi connectivity index (χ2n) is 4.28. The lowest BCUT2D eigenvalue weighted by molar-refractivity contribution is 0.300. The Kier molecular flexibility index (Phi) is 4.18. The molecule has 3 heteroatoms. The molecule has 1 aromatic carbocycles. The molecule has 0 aliphatic carbocycles. The van der Waals surface area contributed by atoms with E-state index in [2.05, 4.69) is 29.2 Å². The lowest BCUT2D eigenvalue weighted by atomic mass is 10.1. The second-order valence-corrected chi connectivity index (χ2v) is 4.28. The number of aryl methyl sites for hydroxylation is 2. The molecule has 2 aromatic rings. The Balaban J connectivity index is 1.80. The first-order chi connectivity index (χ1) is 8.75. The second kappa shape index (κ2) is 6.05. The lowest BCUT2D eigenvalue weighted by Crippen LogP contribution is -2.04. The number of pyridine rings is 1. The van der Waals surface area contributed by atoms with Crippen LogP contribution in [-0.2, 0) is 6.42 Å². The van der Waals surface area contributed by atoms with Gasteiger partial charge in [-0.15, -0.1) is 0 Å². The van der Waals surface area contributed by atoms with Crippen LogP contribution in [0.3, 0.4) is 0 Å². The molecule has 0 saturated heterocycles. The van der Waals surface area contributed by atoms with Gasteiger partial charge in [-0.3, -0.25) is 0 Å². The highest BCUT2D eigenvalue weighted by molar-refractivity contribution is 5.48.